The third-order valence-electron chi connectivity index (χ3n) is 4.65. The number of benzene rings is 1. The Morgan fingerprint density at radius 2 is 2.00 bits per heavy atom. The minimum atomic E-state index is -0.311. The monoisotopic (exact) mass is 388 g/mol. The molecule has 3 aromatic rings. The number of nitrogens with zero attached hydrogens (tertiary/aromatic N) is 4. The maximum Gasteiger partial charge on any atom is 0.271 e. The first-order valence-corrected chi connectivity index (χ1v) is 9.55. The number of hydrogen-bond acceptors (Lipinski definition) is 5. The number of carbonyl (C=O) groups is 1. The van der Waals surface area contributed by atoms with Crippen LogP contribution in [0.3, 0.4) is 0 Å². The Morgan fingerprint density at radius 1 is 1.23 bits per heavy atom. The molecule has 1 fully saturated rings. The molecular weight excluding hydrogens is 372 g/mol. The van der Waals surface area contributed by atoms with E-state index in [9.17, 15) is 9.59 Å². The Labute approximate surface area is 159 Å². The van der Waals surface area contributed by atoms with Crippen LogP contribution in [0, 0.1) is 6.92 Å². The number of aromatic nitrogens is 2. The van der Waals surface area contributed by atoms with E-state index in [1.807, 2.05) is 25.1 Å². The lowest BCUT2D eigenvalue weighted by Crippen LogP contribution is -2.50. The number of piperazine rings is 1. The average molecular weight is 389 g/mol. The van der Waals surface area contributed by atoms with Crippen LogP contribution in [0.25, 0.3) is 4.96 Å². The fourth-order valence-electron chi connectivity index (χ4n) is 3.22. The van der Waals surface area contributed by atoms with Gasteiger partial charge in [-0.2, -0.15) is 0 Å². The van der Waals surface area contributed by atoms with Crippen LogP contribution in [0.2, 0.25) is 5.02 Å². The molecule has 1 aromatic carbocycles. The second-order valence-electron chi connectivity index (χ2n) is 6.24. The molecule has 1 aliphatic rings. The van der Waals surface area contributed by atoms with E-state index in [4.69, 9.17) is 11.6 Å². The van der Waals surface area contributed by atoms with Crippen molar-refractivity contribution in [1.29, 1.82) is 0 Å². The number of thiazole rings is 1. The summed E-state index contributed by atoms with van der Waals surface area (Å²) in [4.78, 5) is 34.0. The predicted octanol–water partition coefficient (Wildman–Crippen LogP) is 2.68. The van der Waals surface area contributed by atoms with Gasteiger partial charge in [0.05, 0.1) is 0 Å². The number of halogens is 1. The van der Waals surface area contributed by atoms with E-state index in [2.05, 4.69) is 9.88 Å². The third-order valence-corrected chi connectivity index (χ3v) is 5.66. The zero-order valence-corrected chi connectivity index (χ0v) is 15.8. The smallest absolute Gasteiger partial charge is 0.271 e. The van der Waals surface area contributed by atoms with Crippen LogP contribution in [0.1, 0.15) is 15.9 Å². The molecule has 4 rings (SSSR count). The molecule has 26 heavy (non-hydrogen) atoms. The van der Waals surface area contributed by atoms with Crippen LogP contribution in [0.15, 0.2) is 40.8 Å². The van der Waals surface area contributed by atoms with Gasteiger partial charge in [-0.05, 0) is 24.6 Å². The average Bonchev–Trinajstić information content (AvgIpc) is 3.13. The summed E-state index contributed by atoms with van der Waals surface area (Å²) in [6.07, 6.45) is 3.04. The van der Waals surface area contributed by atoms with Crippen LogP contribution in [-0.4, -0.2) is 46.4 Å². The molecule has 1 aliphatic heterocycles. The van der Waals surface area contributed by atoms with Crippen molar-refractivity contribution in [2.24, 2.45) is 0 Å². The van der Waals surface area contributed by atoms with E-state index in [0.29, 0.717) is 36.2 Å². The minimum Gasteiger partial charge on any atom is -0.368 e. The number of hydrogen-bond donors (Lipinski definition) is 0. The lowest BCUT2D eigenvalue weighted by molar-refractivity contribution is 0.0744. The van der Waals surface area contributed by atoms with Gasteiger partial charge in [-0.3, -0.25) is 14.0 Å². The second kappa shape index (κ2) is 6.74. The standard InChI is InChI=1S/C18H17ClN4O2S/c1-12-2-3-13(19)10-15(12)21-4-6-22(7-5-21)16(24)14-11-20-18-23(17(14)25)8-9-26-18/h2-3,8-11H,4-7H2,1H3. The fourth-order valence-corrected chi connectivity index (χ4v) is 4.06. The van der Waals surface area contributed by atoms with E-state index in [0.717, 1.165) is 11.3 Å². The van der Waals surface area contributed by atoms with Gasteiger partial charge >= 0.3 is 0 Å². The van der Waals surface area contributed by atoms with E-state index in [-0.39, 0.29) is 17.0 Å². The molecule has 2 aromatic heterocycles. The van der Waals surface area contributed by atoms with Gasteiger partial charge in [0.15, 0.2) is 4.96 Å². The summed E-state index contributed by atoms with van der Waals surface area (Å²) >= 11 is 7.48. The molecule has 0 radical (unpaired) electrons. The van der Waals surface area contributed by atoms with Crippen molar-refractivity contribution < 1.29 is 4.79 Å². The Bertz CT molecular complexity index is 1040. The lowest BCUT2D eigenvalue weighted by Gasteiger charge is -2.36. The first-order chi connectivity index (χ1) is 12.5. The first-order valence-electron chi connectivity index (χ1n) is 8.30. The molecule has 134 valence electrons. The summed E-state index contributed by atoms with van der Waals surface area (Å²) in [5.41, 5.74) is 2.05. The molecule has 0 unspecified atom stereocenters. The highest BCUT2D eigenvalue weighted by atomic mass is 35.5. The second-order valence-corrected chi connectivity index (χ2v) is 7.55. The molecule has 0 N–H and O–H groups in total. The summed E-state index contributed by atoms with van der Waals surface area (Å²) in [7, 11) is 0. The van der Waals surface area contributed by atoms with Gasteiger partial charge in [-0.1, -0.05) is 17.7 Å². The van der Waals surface area contributed by atoms with Crippen molar-refractivity contribution >= 4 is 39.5 Å². The van der Waals surface area contributed by atoms with E-state index >= 15 is 0 Å². The van der Waals surface area contributed by atoms with Crippen molar-refractivity contribution in [3.63, 3.8) is 0 Å². The molecule has 0 atom stereocenters. The first kappa shape index (κ1) is 17.1. The van der Waals surface area contributed by atoms with Crippen LogP contribution in [0.4, 0.5) is 5.69 Å². The van der Waals surface area contributed by atoms with Gasteiger partial charge in [-0.15, -0.1) is 11.3 Å². The Kier molecular flexibility index (Phi) is 4.42. The molecule has 3 heterocycles. The highest BCUT2D eigenvalue weighted by molar-refractivity contribution is 7.15. The van der Waals surface area contributed by atoms with Crippen LogP contribution in [-0.2, 0) is 0 Å². The zero-order chi connectivity index (χ0) is 18.3. The van der Waals surface area contributed by atoms with E-state index in [1.54, 1.807) is 16.5 Å². The van der Waals surface area contributed by atoms with Crippen LogP contribution >= 0.6 is 22.9 Å². The van der Waals surface area contributed by atoms with E-state index < -0.39 is 0 Å². The molecule has 1 amide bonds. The quantitative estimate of drug-likeness (QED) is 0.677. The van der Waals surface area contributed by atoms with Gasteiger partial charge in [0, 0.05) is 54.7 Å². The number of amides is 1. The Morgan fingerprint density at radius 3 is 2.77 bits per heavy atom. The number of fused-ring (bicyclic) bond motifs is 1. The van der Waals surface area contributed by atoms with Crippen molar-refractivity contribution in [1.82, 2.24) is 14.3 Å². The molecule has 0 saturated carbocycles. The van der Waals surface area contributed by atoms with Gasteiger partial charge < -0.3 is 9.80 Å². The molecule has 0 bridgehead atoms. The van der Waals surface area contributed by atoms with Gasteiger partial charge in [-0.25, -0.2) is 4.98 Å². The van der Waals surface area contributed by atoms with E-state index in [1.165, 1.54) is 21.9 Å². The summed E-state index contributed by atoms with van der Waals surface area (Å²) in [6, 6.07) is 5.83. The normalized spacial score (nSPS) is 14.8. The van der Waals surface area contributed by atoms with Gasteiger partial charge in [0.25, 0.3) is 11.5 Å². The maximum atomic E-state index is 12.8. The SMILES string of the molecule is Cc1ccc(Cl)cc1N1CCN(C(=O)c2cnc3sccn3c2=O)CC1. The minimum absolute atomic E-state index is 0.119. The van der Waals surface area contributed by atoms with Crippen molar-refractivity contribution in [3.8, 4) is 0 Å². The van der Waals surface area contributed by atoms with Crippen LogP contribution in [0.5, 0.6) is 0 Å². The maximum absolute atomic E-state index is 12.8. The van der Waals surface area contributed by atoms with Crippen molar-refractivity contribution in [3.05, 3.63) is 62.5 Å². The Balaban J connectivity index is 1.52. The molecule has 6 nitrogen and oxygen atoms in total. The summed E-state index contributed by atoms with van der Waals surface area (Å²) < 4.78 is 1.42. The van der Waals surface area contributed by atoms with Gasteiger partial charge in [0.2, 0.25) is 0 Å². The van der Waals surface area contributed by atoms with Crippen molar-refractivity contribution in [2.75, 3.05) is 31.1 Å². The third kappa shape index (κ3) is 2.97. The summed E-state index contributed by atoms with van der Waals surface area (Å²) in [5.74, 6) is -0.259. The largest absolute Gasteiger partial charge is 0.368 e. The number of anilines is 1. The molecular formula is C18H17ClN4O2S. The highest BCUT2D eigenvalue weighted by Gasteiger charge is 2.25. The topological polar surface area (TPSA) is 57.9 Å². The number of aryl methyl sites for hydroxylation is 1. The number of carbonyl (C=O) groups excluding carboxylic acids is 1. The summed E-state index contributed by atoms with van der Waals surface area (Å²) in [5, 5.41) is 2.48. The van der Waals surface area contributed by atoms with Crippen molar-refractivity contribution in [2.45, 2.75) is 6.92 Å². The zero-order valence-electron chi connectivity index (χ0n) is 14.2. The molecule has 0 aliphatic carbocycles. The molecule has 8 heteroatoms. The Hall–Kier alpha value is -2.38. The summed E-state index contributed by atoms with van der Waals surface area (Å²) in [6.45, 7) is 4.55. The predicted molar refractivity (Wildman–Crippen MR) is 104 cm³/mol. The molecule has 0 spiro atoms. The van der Waals surface area contributed by atoms with Gasteiger partial charge in [0.1, 0.15) is 5.56 Å². The number of rotatable bonds is 2. The highest BCUT2D eigenvalue weighted by Crippen LogP contribution is 2.25. The lowest BCUT2D eigenvalue weighted by atomic mass is 10.1. The van der Waals surface area contributed by atoms with Crippen LogP contribution < -0.4 is 10.5 Å². The fraction of sp³-hybridized carbons (Fsp3) is 0.278. The molecule has 1 saturated heterocycles.